The van der Waals surface area contributed by atoms with Crippen molar-refractivity contribution in [1.82, 2.24) is 4.90 Å². The second-order valence-corrected chi connectivity index (χ2v) is 4.52. The Morgan fingerprint density at radius 1 is 1.60 bits per heavy atom. The Hall–Kier alpha value is -1.02. The molecular weight excluding hydrogens is 186 g/mol. The zero-order valence-electron chi connectivity index (χ0n) is 9.52. The molecule has 0 aromatic carbocycles. The van der Waals surface area contributed by atoms with Gasteiger partial charge in [-0.25, -0.2) is 0 Å². The minimum atomic E-state index is 0.382. The summed E-state index contributed by atoms with van der Waals surface area (Å²) in [5, 5.41) is 0. The summed E-state index contributed by atoms with van der Waals surface area (Å²) in [6, 6.07) is 4.39. The van der Waals surface area contributed by atoms with Crippen LogP contribution in [-0.4, -0.2) is 18.0 Å². The van der Waals surface area contributed by atoms with Crippen molar-refractivity contribution in [3.8, 4) is 0 Å². The van der Waals surface area contributed by atoms with Gasteiger partial charge in [0.25, 0.3) is 0 Å². The second kappa shape index (κ2) is 4.23. The molecule has 1 aliphatic heterocycles. The maximum atomic E-state index is 5.44. The molecule has 1 unspecified atom stereocenters. The Kier molecular flexibility index (Phi) is 2.96. The van der Waals surface area contributed by atoms with Crippen LogP contribution in [0.2, 0.25) is 0 Å². The van der Waals surface area contributed by atoms with Crippen LogP contribution in [0.15, 0.2) is 35.5 Å². The van der Waals surface area contributed by atoms with Crippen LogP contribution >= 0.6 is 0 Å². The number of likely N-dealkylation sites (tertiary alicyclic amines) is 1. The molecule has 3 atom stereocenters. The molecule has 1 saturated heterocycles. The molecule has 0 radical (unpaired) electrons. The largest absolute Gasteiger partial charge is 0.468 e. The van der Waals surface area contributed by atoms with Crippen molar-refractivity contribution in [2.24, 2.45) is 11.8 Å². The van der Waals surface area contributed by atoms with Crippen molar-refractivity contribution >= 4 is 0 Å². The third kappa shape index (κ3) is 2.00. The first kappa shape index (κ1) is 10.5. The first-order valence-electron chi connectivity index (χ1n) is 5.62. The molecule has 1 fully saturated rings. The molecule has 0 saturated carbocycles. The molecule has 1 aromatic heterocycles. The van der Waals surface area contributed by atoms with E-state index in [9.17, 15) is 0 Å². The lowest BCUT2D eigenvalue weighted by molar-refractivity contribution is 0.223. The number of nitrogens with zero attached hydrogens (tertiary/aromatic N) is 1. The highest BCUT2D eigenvalue weighted by molar-refractivity contribution is 5.05. The molecule has 2 heteroatoms. The number of hydrogen-bond acceptors (Lipinski definition) is 2. The summed E-state index contributed by atoms with van der Waals surface area (Å²) < 4.78 is 5.44. The van der Waals surface area contributed by atoms with Crippen LogP contribution in [0.25, 0.3) is 0 Å². The van der Waals surface area contributed by atoms with E-state index in [1.54, 1.807) is 6.26 Å². The molecule has 0 bridgehead atoms. The minimum Gasteiger partial charge on any atom is -0.468 e. The van der Waals surface area contributed by atoms with Crippen molar-refractivity contribution in [1.29, 1.82) is 0 Å². The number of hydrogen-bond donors (Lipinski definition) is 0. The molecule has 0 N–H and O–H groups in total. The molecule has 0 aliphatic carbocycles. The van der Waals surface area contributed by atoms with Crippen molar-refractivity contribution in [3.05, 3.63) is 36.8 Å². The third-order valence-corrected chi connectivity index (χ3v) is 3.50. The molecule has 0 amide bonds. The Bertz CT molecular complexity index is 317. The average Bonchev–Trinajstić information content (AvgIpc) is 2.85. The van der Waals surface area contributed by atoms with Crippen molar-refractivity contribution in [2.75, 3.05) is 13.1 Å². The normalized spacial score (nSPS) is 29.2. The van der Waals surface area contributed by atoms with Gasteiger partial charge < -0.3 is 4.42 Å². The summed E-state index contributed by atoms with van der Waals surface area (Å²) in [4.78, 5) is 2.47. The van der Waals surface area contributed by atoms with E-state index in [2.05, 4.69) is 37.5 Å². The van der Waals surface area contributed by atoms with Crippen molar-refractivity contribution < 1.29 is 4.42 Å². The maximum absolute atomic E-state index is 5.44. The van der Waals surface area contributed by atoms with Gasteiger partial charge in [-0.05, 0) is 30.9 Å². The summed E-state index contributed by atoms with van der Waals surface area (Å²) in [7, 11) is 0. The smallest absolute Gasteiger partial charge is 0.120 e. The summed E-state index contributed by atoms with van der Waals surface area (Å²) in [5.74, 6) is 2.40. The number of rotatable bonds is 3. The van der Waals surface area contributed by atoms with Crippen LogP contribution in [0.4, 0.5) is 0 Å². The zero-order chi connectivity index (χ0) is 10.8. The van der Waals surface area contributed by atoms with Gasteiger partial charge in [-0.15, -0.1) is 6.58 Å². The molecule has 2 rings (SSSR count). The summed E-state index contributed by atoms with van der Waals surface area (Å²) in [6.45, 7) is 10.6. The fourth-order valence-electron chi connectivity index (χ4n) is 2.36. The molecule has 0 spiro atoms. The molecule has 1 aliphatic rings. The first-order valence-corrected chi connectivity index (χ1v) is 5.62. The van der Waals surface area contributed by atoms with Gasteiger partial charge in [-0.2, -0.15) is 0 Å². The fourth-order valence-corrected chi connectivity index (χ4v) is 2.36. The van der Waals surface area contributed by atoms with Gasteiger partial charge in [0.1, 0.15) is 5.76 Å². The van der Waals surface area contributed by atoms with Crippen LogP contribution in [0, 0.1) is 11.8 Å². The lowest BCUT2D eigenvalue weighted by atomic mass is 9.99. The topological polar surface area (TPSA) is 16.4 Å². The summed E-state index contributed by atoms with van der Waals surface area (Å²) >= 11 is 0. The highest BCUT2D eigenvalue weighted by atomic mass is 16.3. The molecular formula is C13H19NO. The highest BCUT2D eigenvalue weighted by Gasteiger charge is 2.31. The van der Waals surface area contributed by atoms with Gasteiger partial charge in [0, 0.05) is 13.1 Å². The van der Waals surface area contributed by atoms with Crippen LogP contribution in [0.5, 0.6) is 0 Å². The van der Waals surface area contributed by atoms with E-state index in [1.165, 1.54) is 0 Å². The van der Waals surface area contributed by atoms with E-state index in [1.807, 2.05) is 6.07 Å². The fraction of sp³-hybridized carbons (Fsp3) is 0.538. The summed E-state index contributed by atoms with van der Waals surface area (Å²) in [6.07, 6.45) is 3.83. The van der Waals surface area contributed by atoms with Gasteiger partial charge in [0.15, 0.2) is 0 Å². The lowest BCUT2D eigenvalue weighted by Gasteiger charge is -2.22. The number of furan rings is 1. The van der Waals surface area contributed by atoms with Crippen LogP contribution in [0.1, 0.15) is 25.6 Å². The van der Waals surface area contributed by atoms with Gasteiger partial charge in [-0.3, -0.25) is 4.90 Å². The average molecular weight is 205 g/mol. The van der Waals surface area contributed by atoms with Gasteiger partial charge >= 0.3 is 0 Å². The van der Waals surface area contributed by atoms with E-state index >= 15 is 0 Å². The monoisotopic (exact) mass is 205 g/mol. The van der Waals surface area contributed by atoms with Crippen LogP contribution in [-0.2, 0) is 0 Å². The van der Waals surface area contributed by atoms with E-state index in [-0.39, 0.29) is 0 Å². The van der Waals surface area contributed by atoms with Gasteiger partial charge in [0.05, 0.1) is 12.3 Å². The van der Waals surface area contributed by atoms with E-state index in [0.29, 0.717) is 17.9 Å². The minimum absolute atomic E-state index is 0.382. The molecule has 1 aromatic rings. The Morgan fingerprint density at radius 3 is 2.93 bits per heavy atom. The Labute approximate surface area is 91.6 Å². The van der Waals surface area contributed by atoms with Gasteiger partial charge in [0.2, 0.25) is 0 Å². The quantitative estimate of drug-likeness (QED) is 0.705. The zero-order valence-corrected chi connectivity index (χ0v) is 9.52. The Morgan fingerprint density at radius 2 is 2.40 bits per heavy atom. The Balaban J connectivity index is 2.04. The SMILES string of the molecule is C=C[C@@H]1CN(C(C)c2ccco2)C[C@H]1C. The molecule has 2 nitrogen and oxygen atoms in total. The predicted molar refractivity (Wildman–Crippen MR) is 61.5 cm³/mol. The molecule has 82 valence electrons. The second-order valence-electron chi connectivity index (χ2n) is 4.52. The summed E-state index contributed by atoms with van der Waals surface area (Å²) in [5.41, 5.74) is 0. The molecule has 15 heavy (non-hydrogen) atoms. The predicted octanol–water partition coefficient (Wildman–Crippen LogP) is 3.09. The van der Waals surface area contributed by atoms with Crippen LogP contribution < -0.4 is 0 Å². The van der Waals surface area contributed by atoms with E-state index in [0.717, 1.165) is 18.8 Å². The third-order valence-electron chi connectivity index (χ3n) is 3.50. The standard InChI is InChI=1S/C13H19NO/c1-4-12-9-14(8-10(12)2)11(3)13-6-5-7-15-13/h4-7,10-12H,1,8-9H2,2-3H3/t10-,11?,12-/m1/s1. The van der Waals surface area contributed by atoms with E-state index < -0.39 is 0 Å². The van der Waals surface area contributed by atoms with Crippen molar-refractivity contribution in [2.45, 2.75) is 19.9 Å². The lowest BCUT2D eigenvalue weighted by Crippen LogP contribution is -2.24. The van der Waals surface area contributed by atoms with Crippen LogP contribution in [0.3, 0.4) is 0 Å². The van der Waals surface area contributed by atoms with Crippen molar-refractivity contribution in [3.63, 3.8) is 0 Å². The molecule has 2 heterocycles. The van der Waals surface area contributed by atoms with Gasteiger partial charge in [-0.1, -0.05) is 13.0 Å². The highest BCUT2D eigenvalue weighted by Crippen LogP contribution is 2.31. The first-order chi connectivity index (χ1) is 7.22. The van der Waals surface area contributed by atoms with E-state index in [4.69, 9.17) is 4.42 Å². The maximum Gasteiger partial charge on any atom is 0.120 e.